The quantitative estimate of drug-likeness (QED) is 0.227. The molecule has 3 aromatic rings. The van der Waals surface area contributed by atoms with E-state index in [1.54, 1.807) is 12.3 Å². The number of oxazole rings is 1. The lowest BCUT2D eigenvalue weighted by molar-refractivity contribution is -0.154. The van der Waals surface area contributed by atoms with E-state index in [1.807, 2.05) is 38.1 Å². The highest BCUT2D eigenvalue weighted by atomic mass is 127. The third-order valence-electron chi connectivity index (χ3n) is 4.23. The Morgan fingerprint density at radius 2 is 1.91 bits per heavy atom. The Morgan fingerprint density at radius 1 is 1.15 bits per heavy atom. The van der Waals surface area contributed by atoms with Crippen molar-refractivity contribution in [2.75, 3.05) is 13.2 Å². The summed E-state index contributed by atoms with van der Waals surface area (Å²) in [5, 5.41) is 6.27. The third kappa shape index (κ3) is 8.91. The molecule has 0 unspecified atom stereocenters. The number of aliphatic imine (C=N–C) groups is 1. The number of hydrogen-bond donors (Lipinski definition) is 2. The van der Waals surface area contributed by atoms with Gasteiger partial charge in [-0.05, 0) is 37.6 Å². The molecule has 2 N–H and O–H groups in total. The molecule has 0 bridgehead atoms. The summed E-state index contributed by atoms with van der Waals surface area (Å²) in [6, 6.07) is 11.0. The summed E-state index contributed by atoms with van der Waals surface area (Å²) in [6.07, 6.45) is -1.45. The summed E-state index contributed by atoms with van der Waals surface area (Å²) < 4.78 is 47.2. The third-order valence-corrected chi connectivity index (χ3v) is 4.23. The van der Waals surface area contributed by atoms with Crippen molar-refractivity contribution >= 4 is 29.9 Å². The van der Waals surface area contributed by atoms with Crippen molar-refractivity contribution < 1.29 is 22.3 Å². The molecule has 0 aliphatic rings. The first-order valence-corrected chi connectivity index (χ1v) is 10.0. The van der Waals surface area contributed by atoms with E-state index in [-0.39, 0.29) is 36.4 Å². The molecule has 3 rings (SSSR count). The van der Waals surface area contributed by atoms with Crippen LogP contribution in [0.2, 0.25) is 0 Å². The number of hydrogen-bond acceptors (Lipinski definition) is 5. The number of ether oxygens (including phenoxy) is 1. The smallest absolute Gasteiger partial charge is 0.422 e. The predicted molar refractivity (Wildman–Crippen MR) is 130 cm³/mol. The Labute approximate surface area is 206 Å². The summed E-state index contributed by atoms with van der Waals surface area (Å²) in [4.78, 5) is 12.7. The lowest BCUT2D eigenvalue weighted by atomic mass is 10.1. The van der Waals surface area contributed by atoms with E-state index in [1.165, 1.54) is 12.3 Å². The zero-order chi connectivity index (χ0) is 23.0. The van der Waals surface area contributed by atoms with Crippen LogP contribution >= 0.6 is 24.0 Å². The molecular weight excluding hydrogens is 550 g/mol. The first-order chi connectivity index (χ1) is 15.3. The molecule has 0 aliphatic carbocycles. The molecule has 1 aromatic carbocycles. The molecule has 0 atom stereocenters. The number of alkyl halides is 3. The number of aromatic nitrogens is 2. The van der Waals surface area contributed by atoms with Crippen LogP contribution in [0.3, 0.4) is 0 Å². The second kappa shape index (κ2) is 12.4. The molecule has 0 saturated carbocycles. The van der Waals surface area contributed by atoms with E-state index < -0.39 is 12.8 Å². The van der Waals surface area contributed by atoms with Crippen LogP contribution in [0.4, 0.5) is 13.2 Å². The summed E-state index contributed by atoms with van der Waals surface area (Å²) in [5.74, 6) is 0.966. The van der Waals surface area contributed by atoms with Crippen LogP contribution in [-0.4, -0.2) is 35.3 Å². The Kier molecular flexibility index (Phi) is 9.95. The van der Waals surface area contributed by atoms with Crippen molar-refractivity contribution in [1.82, 2.24) is 20.6 Å². The molecule has 0 saturated heterocycles. The fourth-order valence-electron chi connectivity index (χ4n) is 2.69. The van der Waals surface area contributed by atoms with Crippen molar-refractivity contribution in [1.29, 1.82) is 0 Å². The number of aryl methyl sites for hydroxylation is 1. The predicted octanol–water partition coefficient (Wildman–Crippen LogP) is 4.86. The van der Waals surface area contributed by atoms with E-state index in [4.69, 9.17) is 4.42 Å². The van der Waals surface area contributed by atoms with Gasteiger partial charge in [0, 0.05) is 24.4 Å². The van der Waals surface area contributed by atoms with Gasteiger partial charge >= 0.3 is 6.18 Å². The monoisotopic (exact) mass is 575 g/mol. The van der Waals surface area contributed by atoms with Crippen LogP contribution in [0.15, 0.2) is 58.3 Å². The SMILES string of the molecule is CCNC(=NCc1ccnc(OCC(F)(F)F)c1)NCc1coc(-c2ccc(C)cc2)n1.I. The van der Waals surface area contributed by atoms with E-state index in [2.05, 4.69) is 30.3 Å². The van der Waals surface area contributed by atoms with Crippen LogP contribution in [-0.2, 0) is 13.1 Å². The Balaban J connectivity index is 0.00000385. The van der Waals surface area contributed by atoms with Crippen LogP contribution < -0.4 is 15.4 Å². The molecule has 2 heterocycles. The molecule has 7 nitrogen and oxygen atoms in total. The topological polar surface area (TPSA) is 84.6 Å². The number of guanidine groups is 1. The molecule has 178 valence electrons. The largest absolute Gasteiger partial charge is 0.468 e. The van der Waals surface area contributed by atoms with Gasteiger partial charge in [0.2, 0.25) is 11.8 Å². The van der Waals surface area contributed by atoms with E-state index >= 15 is 0 Å². The van der Waals surface area contributed by atoms with E-state index in [9.17, 15) is 13.2 Å². The maximum atomic E-state index is 12.3. The lowest BCUT2D eigenvalue weighted by Crippen LogP contribution is -2.36. The average Bonchev–Trinajstić information content (AvgIpc) is 3.24. The summed E-state index contributed by atoms with van der Waals surface area (Å²) in [5.41, 5.74) is 3.42. The minimum atomic E-state index is -4.42. The van der Waals surface area contributed by atoms with Gasteiger partial charge in [0.05, 0.1) is 18.8 Å². The van der Waals surface area contributed by atoms with Crippen molar-refractivity contribution in [3.8, 4) is 17.3 Å². The van der Waals surface area contributed by atoms with Gasteiger partial charge in [-0.2, -0.15) is 13.2 Å². The molecule has 33 heavy (non-hydrogen) atoms. The standard InChI is InChI=1S/C22H24F3N5O2.HI/c1-3-26-21(28-11-16-8-9-27-19(10-16)32-14-22(23,24)25)29-12-18-13-31-20(30-18)17-6-4-15(2)5-7-17;/h4-10,13H,3,11-12,14H2,1-2H3,(H2,26,28,29);1H. The maximum absolute atomic E-state index is 12.3. The van der Waals surface area contributed by atoms with Crippen molar-refractivity contribution in [3.63, 3.8) is 0 Å². The second-order valence-corrected chi connectivity index (χ2v) is 6.96. The fourth-order valence-corrected chi connectivity index (χ4v) is 2.69. The van der Waals surface area contributed by atoms with Gasteiger partial charge < -0.3 is 19.8 Å². The normalized spacial score (nSPS) is 11.6. The number of nitrogens with one attached hydrogen (secondary N) is 2. The average molecular weight is 575 g/mol. The highest BCUT2D eigenvalue weighted by Crippen LogP contribution is 2.19. The summed E-state index contributed by atoms with van der Waals surface area (Å²) in [7, 11) is 0. The van der Waals surface area contributed by atoms with Crippen LogP contribution in [0.25, 0.3) is 11.5 Å². The van der Waals surface area contributed by atoms with E-state index in [0.29, 0.717) is 36.2 Å². The fraction of sp³-hybridized carbons (Fsp3) is 0.318. The summed E-state index contributed by atoms with van der Waals surface area (Å²) in [6.45, 7) is 3.80. The van der Waals surface area contributed by atoms with E-state index in [0.717, 1.165) is 11.1 Å². The van der Waals surface area contributed by atoms with Crippen molar-refractivity contribution in [2.45, 2.75) is 33.1 Å². The Morgan fingerprint density at radius 3 is 2.61 bits per heavy atom. The number of nitrogens with zero attached hydrogens (tertiary/aromatic N) is 3. The summed E-state index contributed by atoms with van der Waals surface area (Å²) >= 11 is 0. The molecule has 0 fully saturated rings. The molecule has 11 heteroatoms. The zero-order valence-corrected chi connectivity index (χ0v) is 20.5. The highest BCUT2D eigenvalue weighted by Gasteiger charge is 2.28. The van der Waals surface area contributed by atoms with Gasteiger partial charge in [-0.15, -0.1) is 24.0 Å². The zero-order valence-electron chi connectivity index (χ0n) is 18.1. The van der Waals surface area contributed by atoms with Crippen LogP contribution in [0.5, 0.6) is 5.88 Å². The number of rotatable bonds is 8. The van der Waals surface area contributed by atoms with Gasteiger partial charge in [0.1, 0.15) is 6.26 Å². The van der Waals surface area contributed by atoms with Gasteiger partial charge in [-0.3, -0.25) is 0 Å². The minimum absolute atomic E-state index is 0. The van der Waals surface area contributed by atoms with Crippen molar-refractivity contribution in [3.05, 3.63) is 65.7 Å². The molecule has 0 radical (unpaired) electrons. The molecule has 0 aliphatic heterocycles. The molecule has 0 amide bonds. The number of halogens is 4. The van der Waals surface area contributed by atoms with Crippen LogP contribution in [0.1, 0.15) is 23.7 Å². The first kappa shape index (κ1) is 26.4. The van der Waals surface area contributed by atoms with Crippen molar-refractivity contribution in [2.24, 2.45) is 4.99 Å². The number of pyridine rings is 1. The van der Waals surface area contributed by atoms with Gasteiger partial charge in [-0.1, -0.05) is 17.7 Å². The van der Waals surface area contributed by atoms with Crippen LogP contribution in [0, 0.1) is 6.92 Å². The molecular formula is C22H25F3IN5O2. The lowest BCUT2D eigenvalue weighted by Gasteiger charge is -2.11. The molecule has 0 spiro atoms. The minimum Gasteiger partial charge on any atom is -0.468 e. The second-order valence-electron chi connectivity index (χ2n) is 6.96. The highest BCUT2D eigenvalue weighted by molar-refractivity contribution is 14.0. The Bertz CT molecular complexity index is 1040. The van der Waals surface area contributed by atoms with Gasteiger partial charge in [0.15, 0.2) is 12.6 Å². The number of benzene rings is 1. The first-order valence-electron chi connectivity index (χ1n) is 10.0. The van der Waals surface area contributed by atoms with Gasteiger partial charge in [-0.25, -0.2) is 15.0 Å². The molecule has 2 aromatic heterocycles. The van der Waals surface area contributed by atoms with Gasteiger partial charge in [0.25, 0.3) is 0 Å². The Hall–Kier alpha value is -2.83. The maximum Gasteiger partial charge on any atom is 0.422 e.